The van der Waals surface area contributed by atoms with Crippen LogP contribution in [0, 0.1) is 0 Å². The minimum atomic E-state index is -3.62. The molecule has 1 atom stereocenters. The van der Waals surface area contributed by atoms with E-state index in [0.717, 1.165) is 5.56 Å². The van der Waals surface area contributed by atoms with Crippen LogP contribution in [-0.4, -0.2) is 75.5 Å². The Morgan fingerprint density at radius 1 is 1.41 bits per heavy atom. The molecule has 8 nitrogen and oxygen atoms in total. The van der Waals surface area contributed by atoms with Gasteiger partial charge in [0.25, 0.3) is 5.91 Å². The Morgan fingerprint density at radius 2 is 2.15 bits per heavy atom. The summed E-state index contributed by atoms with van der Waals surface area (Å²) in [4.78, 5) is 17.4. The van der Waals surface area contributed by atoms with Crippen molar-refractivity contribution >= 4 is 27.3 Å². The summed E-state index contributed by atoms with van der Waals surface area (Å²) >= 11 is 1.61. The summed E-state index contributed by atoms with van der Waals surface area (Å²) in [6.07, 6.45) is 1.36. The zero-order valence-corrected chi connectivity index (χ0v) is 17.0. The number of hydrogen-bond acceptors (Lipinski definition) is 6. The lowest BCUT2D eigenvalue weighted by atomic mass is 10.1. The van der Waals surface area contributed by atoms with Gasteiger partial charge in [0, 0.05) is 25.8 Å². The molecule has 27 heavy (non-hydrogen) atoms. The van der Waals surface area contributed by atoms with E-state index >= 15 is 0 Å². The van der Waals surface area contributed by atoms with E-state index < -0.39 is 10.0 Å². The van der Waals surface area contributed by atoms with Crippen LogP contribution in [0.15, 0.2) is 34.0 Å². The van der Waals surface area contributed by atoms with Crippen molar-refractivity contribution in [2.75, 3.05) is 46.9 Å². The van der Waals surface area contributed by atoms with E-state index in [1.54, 1.807) is 11.3 Å². The Morgan fingerprint density at radius 3 is 2.78 bits per heavy atom. The molecule has 0 aliphatic carbocycles. The SMILES string of the molecule is CN(C)C(CNC(=O)c1cc(S(=O)(=O)N2CCOCC2)c[nH]1)c1ccsc1. The molecule has 10 heteroatoms. The molecule has 3 rings (SSSR count). The summed E-state index contributed by atoms with van der Waals surface area (Å²) in [5.74, 6) is -0.333. The van der Waals surface area contributed by atoms with Crippen molar-refractivity contribution in [2.45, 2.75) is 10.9 Å². The van der Waals surface area contributed by atoms with Gasteiger partial charge in [0.1, 0.15) is 10.6 Å². The van der Waals surface area contributed by atoms with Crippen molar-refractivity contribution in [3.05, 3.63) is 40.3 Å². The molecule has 148 valence electrons. The van der Waals surface area contributed by atoms with Crippen molar-refractivity contribution in [3.8, 4) is 0 Å². The van der Waals surface area contributed by atoms with Crippen LogP contribution in [0.2, 0.25) is 0 Å². The van der Waals surface area contributed by atoms with Crippen molar-refractivity contribution < 1.29 is 17.9 Å². The summed E-state index contributed by atoms with van der Waals surface area (Å²) in [6, 6.07) is 3.46. The first-order valence-electron chi connectivity index (χ1n) is 8.62. The fourth-order valence-corrected chi connectivity index (χ4v) is 5.05. The first-order valence-corrected chi connectivity index (χ1v) is 11.0. The number of hydrogen-bond donors (Lipinski definition) is 2. The monoisotopic (exact) mass is 412 g/mol. The molecule has 0 saturated carbocycles. The molecule has 0 bridgehead atoms. The molecular formula is C17H24N4O4S2. The van der Waals surface area contributed by atoms with Gasteiger partial charge in [-0.05, 0) is 42.6 Å². The van der Waals surface area contributed by atoms with Crippen LogP contribution >= 0.6 is 11.3 Å². The van der Waals surface area contributed by atoms with Crippen molar-refractivity contribution in [2.24, 2.45) is 0 Å². The third kappa shape index (κ3) is 4.58. The molecule has 1 fully saturated rings. The second-order valence-electron chi connectivity index (χ2n) is 6.51. The number of ether oxygens (including phenoxy) is 1. The fourth-order valence-electron chi connectivity index (χ4n) is 2.94. The van der Waals surface area contributed by atoms with Crippen molar-refractivity contribution in [1.29, 1.82) is 0 Å². The first-order chi connectivity index (χ1) is 12.9. The van der Waals surface area contributed by atoms with E-state index in [2.05, 4.69) is 15.7 Å². The maximum absolute atomic E-state index is 12.6. The maximum atomic E-state index is 12.6. The number of rotatable bonds is 7. The summed E-state index contributed by atoms with van der Waals surface area (Å²) < 4.78 is 31.9. The van der Waals surface area contributed by atoms with E-state index in [1.165, 1.54) is 16.6 Å². The number of aromatic amines is 1. The summed E-state index contributed by atoms with van der Waals surface area (Å²) in [5, 5.41) is 6.93. The van der Waals surface area contributed by atoms with Crippen molar-refractivity contribution in [1.82, 2.24) is 19.5 Å². The number of H-pyrrole nitrogens is 1. The zero-order chi connectivity index (χ0) is 19.4. The van der Waals surface area contributed by atoms with Crippen LogP contribution in [0.4, 0.5) is 0 Å². The molecule has 3 heterocycles. The van der Waals surface area contributed by atoms with Gasteiger partial charge in [-0.1, -0.05) is 0 Å². The molecule has 1 amide bonds. The zero-order valence-electron chi connectivity index (χ0n) is 15.3. The quantitative estimate of drug-likeness (QED) is 0.711. The predicted octanol–water partition coefficient (Wildman–Crippen LogP) is 1.13. The largest absolute Gasteiger partial charge is 0.379 e. The molecule has 1 unspecified atom stereocenters. The molecule has 2 N–H and O–H groups in total. The van der Waals surface area contributed by atoms with Gasteiger partial charge in [0.2, 0.25) is 10.0 Å². The van der Waals surface area contributed by atoms with Crippen LogP contribution in [0.1, 0.15) is 22.1 Å². The van der Waals surface area contributed by atoms with Crippen LogP contribution in [0.3, 0.4) is 0 Å². The van der Waals surface area contributed by atoms with Gasteiger partial charge < -0.3 is 19.9 Å². The van der Waals surface area contributed by atoms with Gasteiger partial charge in [-0.25, -0.2) is 8.42 Å². The van der Waals surface area contributed by atoms with Gasteiger partial charge in [-0.15, -0.1) is 0 Å². The van der Waals surface area contributed by atoms with Crippen LogP contribution in [0.25, 0.3) is 0 Å². The van der Waals surface area contributed by atoms with E-state index in [9.17, 15) is 13.2 Å². The highest BCUT2D eigenvalue weighted by molar-refractivity contribution is 7.89. The summed E-state index contributed by atoms with van der Waals surface area (Å²) in [6.45, 7) is 1.82. The molecule has 1 aliphatic rings. The summed E-state index contributed by atoms with van der Waals surface area (Å²) in [7, 11) is 0.289. The van der Waals surface area contributed by atoms with Crippen molar-refractivity contribution in [3.63, 3.8) is 0 Å². The van der Waals surface area contributed by atoms with Gasteiger partial charge in [0.05, 0.1) is 19.3 Å². The Bertz CT molecular complexity index is 855. The summed E-state index contributed by atoms with van der Waals surface area (Å²) in [5.41, 5.74) is 1.36. The number of likely N-dealkylation sites (N-methyl/N-ethyl adjacent to an activating group) is 1. The molecule has 0 radical (unpaired) electrons. The molecule has 0 spiro atoms. The number of nitrogens with one attached hydrogen (secondary N) is 2. The highest BCUT2D eigenvalue weighted by atomic mass is 32.2. The van der Waals surface area contributed by atoms with E-state index in [-0.39, 0.29) is 22.5 Å². The predicted molar refractivity (Wildman–Crippen MR) is 103 cm³/mol. The van der Waals surface area contributed by atoms with Crippen LogP contribution in [0.5, 0.6) is 0 Å². The average Bonchev–Trinajstić information content (AvgIpc) is 3.34. The van der Waals surface area contributed by atoms with E-state index in [1.807, 2.05) is 30.4 Å². The number of nitrogens with zero attached hydrogens (tertiary/aromatic N) is 2. The smallest absolute Gasteiger partial charge is 0.267 e. The normalized spacial score (nSPS) is 17.1. The molecule has 2 aromatic rings. The fraction of sp³-hybridized carbons (Fsp3) is 0.471. The second-order valence-corrected chi connectivity index (χ2v) is 9.23. The lowest BCUT2D eigenvalue weighted by molar-refractivity contribution is 0.0730. The number of carbonyl (C=O) groups is 1. The molecule has 0 aromatic carbocycles. The number of aromatic nitrogens is 1. The minimum absolute atomic E-state index is 0.0479. The highest BCUT2D eigenvalue weighted by Crippen LogP contribution is 2.21. The maximum Gasteiger partial charge on any atom is 0.267 e. The van der Waals surface area contributed by atoms with E-state index in [4.69, 9.17) is 4.74 Å². The third-order valence-electron chi connectivity index (χ3n) is 4.52. The standard InChI is InChI=1S/C17H24N4O4S2/c1-20(2)16(13-3-8-26-12-13)11-19-17(22)15-9-14(10-18-15)27(23,24)21-4-6-25-7-5-21/h3,8-10,12,16,18H,4-7,11H2,1-2H3,(H,19,22). The lowest BCUT2D eigenvalue weighted by Gasteiger charge is -2.25. The van der Waals surface area contributed by atoms with Gasteiger partial charge in [-0.2, -0.15) is 15.6 Å². The number of amides is 1. The van der Waals surface area contributed by atoms with Gasteiger partial charge >= 0.3 is 0 Å². The number of sulfonamides is 1. The Labute approximate surface area is 163 Å². The molecular weight excluding hydrogens is 388 g/mol. The molecule has 2 aromatic heterocycles. The molecule has 1 saturated heterocycles. The highest BCUT2D eigenvalue weighted by Gasteiger charge is 2.28. The minimum Gasteiger partial charge on any atom is -0.379 e. The average molecular weight is 413 g/mol. The Balaban J connectivity index is 1.66. The van der Waals surface area contributed by atoms with Gasteiger partial charge in [0.15, 0.2) is 0 Å². The third-order valence-corrected chi connectivity index (χ3v) is 7.09. The van der Waals surface area contributed by atoms with Crippen LogP contribution in [-0.2, 0) is 14.8 Å². The Kier molecular flexibility index (Phi) is 6.33. The first kappa shape index (κ1) is 20.0. The Hall–Kier alpha value is -1.72. The lowest BCUT2D eigenvalue weighted by Crippen LogP contribution is -2.40. The molecule has 1 aliphatic heterocycles. The number of thiophene rings is 1. The van der Waals surface area contributed by atoms with E-state index in [0.29, 0.717) is 32.8 Å². The second kappa shape index (κ2) is 8.53. The van der Waals surface area contributed by atoms with Crippen LogP contribution < -0.4 is 5.32 Å². The number of carbonyl (C=O) groups excluding carboxylic acids is 1. The number of morpholine rings is 1. The van der Waals surface area contributed by atoms with Gasteiger partial charge in [-0.3, -0.25) is 4.79 Å². The topological polar surface area (TPSA) is 94.7 Å².